The Kier molecular flexibility index (Phi) is 9.54. The molecule has 1 aromatic heterocycles. The fourth-order valence-corrected chi connectivity index (χ4v) is 1.59. The third kappa shape index (κ3) is 4.93. The molecule has 0 fully saturated rings. The molecule has 12 heavy (non-hydrogen) atoms. The van der Waals surface area contributed by atoms with Crippen LogP contribution in [-0.2, 0) is 6.42 Å². The van der Waals surface area contributed by atoms with Gasteiger partial charge in [-0.1, -0.05) is 0 Å². The van der Waals surface area contributed by atoms with Crippen LogP contribution in [0.15, 0.2) is 5.38 Å². The summed E-state index contributed by atoms with van der Waals surface area (Å²) in [5.74, 6) is 0. The smallest absolute Gasteiger partial charge is 0.0928 e. The molecule has 5 heteroatoms. The first-order chi connectivity index (χ1) is 4.83. The quantitative estimate of drug-likeness (QED) is 0.862. The Bertz CT molecular complexity index is 203. The monoisotopic (exact) mass is 228 g/mol. The summed E-state index contributed by atoms with van der Waals surface area (Å²) in [5, 5.41) is 3.29. The average molecular weight is 229 g/mol. The fraction of sp³-hybridized carbons (Fsp3) is 0.571. The second-order valence-corrected chi connectivity index (χ2v) is 3.22. The molecule has 0 saturated carbocycles. The third-order valence-corrected chi connectivity index (χ3v) is 2.29. The van der Waals surface area contributed by atoms with Crippen molar-refractivity contribution in [2.24, 2.45) is 5.73 Å². The molecule has 1 rings (SSSR count). The van der Waals surface area contributed by atoms with Crippen LogP contribution in [0.5, 0.6) is 0 Å². The molecule has 0 aliphatic carbocycles. The predicted molar refractivity (Wildman–Crippen MR) is 58.7 cm³/mol. The Hall–Kier alpha value is 0.170. The number of nitrogens with two attached hydrogens (primary N) is 1. The van der Waals surface area contributed by atoms with E-state index in [0.717, 1.165) is 25.1 Å². The molecule has 0 saturated heterocycles. The number of rotatable bonds is 3. The molecular formula is C7H14Cl2N2S. The maximum Gasteiger partial charge on any atom is 0.0928 e. The molecule has 0 spiro atoms. The molecule has 72 valence electrons. The van der Waals surface area contributed by atoms with Crippen molar-refractivity contribution in [2.45, 2.75) is 19.8 Å². The van der Waals surface area contributed by atoms with E-state index in [0.29, 0.717) is 0 Å². The van der Waals surface area contributed by atoms with Crippen molar-refractivity contribution in [3.05, 3.63) is 16.1 Å². The van der Waals surface area contributed by atoms with Crippen molar-refractivity contribution in [3.8, 4) is 0 Å². The van der Waals surface area contributed by atoms with Crippen molar-refractivity contribution in [1.29, 1.82) is 0 Å². The average Bonchev–Trinajstić information content (AvgIpc) is 2.31. The lowest BCUT2D eigenvalue weighted by Crippen LogP contribution is -1.99. The summed E-state index contributed by atoms with van der Waals surface area (Å²) in [5.41, 5.74) is 6.48. The van der Waals surface area contributed by atoms with Crippen LogP contribution in [0.3, 0.4) is 0 Å². The number of thiazole rings is 1. The van der Waals surface area contributed by atoms with Crippen LogP contribution in [-0.4, -0.2) is 11.5 Å². The Balaban J connectivity index is 0. The minimum atomic E-state index is 0. The highest BCUT2D eigenvalue weighted by Crippen LogP contribution is 2.09. The highest BCUT2D eigenvalue weighted by atomic mass is 35.5. The van der Waals surface area contributed by atoms with Crippen molar-refractivity contribution in [3.63, 3.8) is 0 Å². The van der Waals surface area contributed by atoms with Crippen molar-refractivity contribution in [1.82, 2.24) is 4.98 Å². The summed E-state index contributed by atoms with van der Waals surface area (Å²) in [6.07, 6.45) is 2.09. The van der Waals surface area contributed by atoms with E-state index in [4.69, 9.17) is 5.73 Å². The summed E-state index contributed by atoms with van der Waals surface area (Å²) >= 11 is 1.72. The molecule has 2 nitrogen and oxygen atoms in total. The molecule has 0 aliphatic heterocycles. The minimum Gasteiger partial charge on any atom is -0.330 e. The van der Waals surface area contributed by atoms with E-state index in [1.807, 2.05) is 6.92 Å². The highest BCUT2D eigenvalue weighted by Gasteiger charge is 1.95. The molecular weight excluding hydrogens is 215 g/mol. The van der Waals surface area contributed by atoms with Crippen LogP contribution in [0.4, 0.5) is 0 Å². The molecule has 0 aromatic carbocycles. The van der Waals surface area contributed by atoms with Crippen LogP contribution in [0.25, 0.3) is 0 Å². The minimum absolute atomic E-state index is 0. The van der Waals surface area contributed by atoms with Crippen LogP contribution < -0.4 is 5.73 Å². The lowest BCUT2D eigenvalue weighted by molar-refractivity contribution is 0.823. The van der Waals surface area contributed by atoms with Gasteiger partial charge in [-0.2, -0.15) is 0 Å². The largest absolute Gasteiger partial charge is 0.330 e. The van der Waals surface area contributed by atoms with Gasteiger partial charge in [0.25, 0.3) is 0 Å². The second-order valence-electron chi connectivity index (χ2n) is 2.27. The lowest BCUT2D eigenvalue weighted by Gasteiger charge is -1.90. The van der Waals surface area contributed by atoms with Crippen LogP contribution in [0.1, 0.15) is 17.1 Å². The summed E-state index contributed by atoms with van der Waals surface area (Å²) in [7, 11) is 0. The zero-order valence-electron chi connectivity index (χ0n) is 6.95. The maximum absolute atomic E-state index is 5.36. The molecule has 0 bridgehead atoms. The molecule has 0 unspecified atom stereocenters. The van der Waals surface area contributed by atoms with Gasteiger partial charge in [-0.05, 0) is 19.9 Å². The number of halogens is 2. The normalized spacial score (nSPS) is 8.50. The summed E-state index contributed by atoms with van der Waals surface area (Å²) < 4.78 is 0. The first kappa shape index (κ1) is 14.7. The number of hydrogen-bond donors (Lipinski definition) is 1. The van der Waals surface area contributed by atoms with Crippen molar-refractivity contribution >= 4 is 36.2 Å². The van der Waals surface area contributed by atoms with Gasteiger partial charge in [0.15, 0.2) is 0 Å². The van der Waals surface area contributed by atoms with Gasteiger partial charge in [0.2, 0.25) is 0 Å². The van der Waals surface area contributed by atoms with Crippen molar-refractivity contribution < 1.29 is 0 Å². The number of aryl methyl sites for hydroxylation is 2. The first-order valence-electron chi connectivity index (χ1n) is 3.44. The standard InChI is InChI=1S/C7H12N2S.2ClH/c1-6-5-10-7(9-6)3-2-4-8;;/h5H,2-4,8H2,1H3;2*1H. The van der Waals surface area contributed by atoms with Gasteiger partial charge in [0.05, 0.1) is 5.01 Å². The van der Waals surface area contributed by atoms with E-state index in [-0.39, 0.29) is 24.8 Å². The maximum atomic E-state index is 5.36. The Morgan fingerprint density at radius 1 is 1.50 bits per heavy atom. The van der Waals surface area contributed by atoms with Crippen LogP contribution >= 0.6 is 36.2 Å². The van der Waals surface area contributed by atoms with Crippen LogP contribution in [0, 0.1) is 6.92 Å². The summed E-state index contributed by atoms with van der Waals surface area (Å²) in [6.45, 7) is 2.78. The van der Waals surface area contributed by atoms with E-state index in [1.54, 1.807) is 11.3 Å². The molecule has 1 aromatic rings. The fourth-order valence-electron chi connectivity index (χ4n) is 0.771. The zero-order chi connectivity index (χ0) is 7.40. The van der Waals surface area contributed by atoms with Crippen LogP contribution in [0.2, 0.25) is 0 Å². The van der Waals surface area contributed by atoms with Crippen molar-refractivity contribution in [2.75, 3.05) is 6.54 Å². The van der Waals surface area contributed by atoms with Gasteiger partial charge >= 0.3 is 0 Å². The first-order valence-corrected chi connectivity index (χ1v) is 4.32. The number of nitrogens with zero attached hydrogens (tertiary/aromatic N) is 1. The topological polar surface area (TPSA) is 38.9 Å². The van der Waals surface area contributed by atoms with Gasteiger partial charge in [-0.25, -0.2) is 4.98 Å². The molecule has 0 radical (unpaired) electrons. The van der Waals surface area contributed by atoms with E-state index < -0.39 is 0 Å². The second kappa shape index (κ2) is 7.80. The van der Waals surface area contributed by atoms with Gasteiger partial charge in [-0.3, -0.25) is 0 Å². The molecule has 2 N–H and O–H groups in total. The third-order valence-electron chi connectivity index (χ3n) is 1.26. The molecule has 0 aliphatic rings. The van der Waals surface area contributed by atoms with Gasteiger partial charge < -0.3 is 5.73 Å². The number of hydrogen-bond acceptors (Lipinski definition) is 3. The van der Waals surface area contributed by atoms with Gasteiger partial charge in [0, 0.05) is 17.5 Å². The Morgan fingerprint density at radius 2 is 2.17 bits per heavy atom. The highest BCUT2D eigenvalue weighted by molar-refractivity contribution is 7.09. The summed E-state index contributed by atoms with van der Waals surface area (Å²) in [6, 6.07) is 0. The van der Waals surface area contributed by atoms with Gasteiger partial charge in [0.1, 0.15) is 0 Å². The molecule has 0 amide bonds. The number of aromatic nitrogens is 1. The van der Waals surface area contributed by atoms with Gasteiger partial charge in [-0.15, -0.1) is 36.2 Å². The molecule has 0 atom stereocenters. The summed E-state index contributed by atoms with van der Waals surface area (Å²) in [4.78, 5) is 4.31. The predicted octanol–water partition coefficient (Wildman–Crippen LogP) is 2.19. The Labute approximate surface area is 89.4 Å². The Morgan fingerprint density at radius 3 is 2.58 bits per heavy atom. The zero-order valence-corrected chi connectivity index (χ0v) is 9.40. The van der Waals surface area contributed by atoms with E-state index in [9.17, 15) is 0 Å². The van der Waals surface area contributed by atoms with E-state index in [1.165, 1.54) is 5.01 Å². The van der Waals surface area contributed by atoms with E-state index >= 15 is 0 Å². The lowest BCUT2D eigenvalue weighted by atomic mass is 10.3. The molecule has 1 heterocycles. The van der Waals surface area contributed by atoms with E-state index in [2.05, 4.69) is 10.4 Å². The SMILES string of the molecule is Cc1csc(CCCN)n1.Cl.Cl.